The van der Waals surface area contributed by atoms with Crippen LogP contribution in [0.5, 0.6) is 0 Å². The van der Waals surface area contributed by atoms with E-state index in [4.69, 9.17) is 16.9 Å². The van der Waals surface area contributed by atoms with Gasteiger partial charge in [0.25, 0.3) is 0 Å². The second-order valence-corrected chi connectivity index (χ2v) is 6.42. The molecule has 5 nitrogen and oxygen atoms in total. The molecule has 19 heavy (non-hydrogen) atoms. The van der Waals surface area contributed by atoms with Crippen molar-refractivity contribution in [2.24, 2.45) is 4.99 Å². The minimum absolute atomic E-state index is 0.320. The number of amidine groups is 1. The molecule has 1 saturated heterocycles. The van der Waals surface area contributed by atoms with Crippen molar-refractivity contribution in [3.63, 3.8) is 0 Å². The average Bonchev–Trinajstić information content (AvgIpc) is 3.08. The van der Waals surface area contributed by atoms with Crippen LogP contribution in [-0.4, -0.2) is 52.9 Å². The third-order valence-electron chi connectivity index (χ3n) is 3.15. The van der Waals surface area contributed by atoms with E-state index in [-0.39, 0.29) is 0 Å². The lowest BCUT2D eigenvalue weighted by atomic mass is 10.3. The van der Waals surface area contributed by atoms with Gasteiger partial charge in [0.15, 0.2) is 10.3 Å². The number of nitrogens with zero attached hydrogens (tertiary/aromatic N) is 5. The summed E-state index contributed by atoms with van der Waals surface area (Å²) in [6, 6.07) is 2.14. The summed E-state index contributed by atoms with van der Waals surface area (Å²) in [5, 5.41) is 11.5. The Balaban J connectivity index is 1.68. The number of hydrogen-bond acceptors (Lipinski definition) is 7. The molecule has 0 unspecified atom stereocenters. The summed E-state index contributed by atoms with van der Waals surface area (Å²) in [6.45, 7) is 4.57. The Labute approximate surface area is 125 Å². The van der Waals surface area contributed by atoms with E-state index in [2.05, 4.69) is 25.2 Å². The summed E-state index contributed by atoms with van der Waals surface area (Å²) < 4.78 is 4.06. The summed E-state index contributed by atoms with van der Waals surface area (Å²) in [7, 11) is 0. The lowest BCUT2D eigenvalue weighted by Gasteiger charge is -2.35. The molecule has 1 aromatic heterocycles. The van der Waals surface area contributed by atoms with E-state index in [1.807, 2.05) is 11.8 Å². The molecule has 0 atom stereocenters. The molecule has 0 aliphatic carbocycles. The molecule has 3 rings (SSSR count). The monoisotopic (exact) mass is 313 g/mol. The van der Waals surface area contributed by atoms with Gasteiger partial charge in [0, 0.05) is 31.9 Å². The number of rotatable bonds is 1. The van der Waals surface area contributed by atoms with E-state index in [0.29, 0.717) is 10.7 Å². The highest BCUT2D eigenvalue weighted by atomic mass is 35.5. The average molecular weight is 314 g/mol. The zero-order chi connectivity index (χ0) is 13.2. The van der Waals surface area contributed by atoms with Gasteiger partial charge in [0.2, 0.25) is 0 Å². The zero-order valence-corrected chi connectivity index (χ0v) is 12.6. The summed E-state index contributed by atoms with van der Waals surface area (Å²) in [4.78, 5) is 9.01. The van der Waals surface area contributed by atoms with Crippen LogP contribution in [-0.2, 0) is 0 Å². The van der Waals surface area contributed by atoms with E-state index in [0.717, 1.165) is 43.5 Å². The van der Waals surface area contributed by atoms with Crippen molar-refractivity contribution < 1.29 is 0 Å². The number of aliphatic imine (C=N–C) groups is 1. The van der Waals surface area contributed by atoms with E-state index < -0.39 is 0 Å². The van der Waals surface area contributed by atoms with Gasteiger partial charge in [0.1, 0.15) is 16.6 Å². The predicted molar refractivity (Wildman–Crippen MR) is 80.4 cm³/mol. The van der Waals surface area contributed by atoms with Crippen LogP contribution in [0.3, 0.4) is 0 Å². The largest absolute Gasteiger partial charge is 0.358 e. The van der Waals surface area contributed by atoms with Gasteiger partial charge in [-0.05, 0) is 11.5 Å². The van der Waals surface area contributed by atoms with Crippen molar-refractivity contribution in [2.75, 3.05) is 43.4 Å². The first kappa shape index (κ1) is 13.0. The molecule has 0 saturated carbocycles. The number of aromatic nitrogens is 1. The Hall–Kier alpha value is -0.970. The lowest BCUT2D eigenvalue weighted by molar-refractivity contribution is 0.393. The molecule has 0 N–H and O–H groups in total. The lowest BCUT2D eigenvalue weighted by Crippen LogP contribution is -2.47. The molecule has 0 aromatic carbocycles. The molecule has 0 bridgehead atoms. The van der Waals surface area contributed by atoms with Crippen LogP contribution in [0.15, 0.2) is 4.99 Å². The van der Waals surface area contributed by atoms with Crippen molar-refractivity contribution in [1.29, 1.82) is 5.26 Å². The van der Waals surface area contributed by atoms with E-state index in [1.165, 1.54) is 16.7 Å². The molecular formula is C11H12ClN5S2. The first-order valence-corrected chi connectivity index (χ1v) is 8.15. The quantitative estimate of drug-likeness (QED) is 0.792. The summed E-state index contributed by atoms with van der Waals surface area (Å²) in [5.41, 5.74) is 0.507. The topological polar surface area (TPSA) is 55.5 Å². The van der Waals surface area contributed by atoms with Crippen molar-refractivity contribution >= 4 is 45.1 Å². The molecule has 3 heterocycles. The van der Waals surface area contributed by atoms with E-state index in [9.17, 15) is 0 Å². The maximum atomic E-state index is 9.12. The molecule has 1 fully saturated rings. The van der Waals surface area contributed by atoms with Crippen LogP contribution in [0, 0.1) is 11.3 Å². The summed E-state index contributed by atoms with van der Waals surface area (Å²) in [6.07, 6.45) is 0. The van der Waals surface area contributed by atoms with Crippen LogP contribution in [0.1, 0.15) is 5.56 Å². The van der Waals surface area contributed by atoms with Gasteiger partial charge in [-0.3, -0.25) is 4.99 Å². The maximum Gasteiger partial charge on any atom is 0.162 e. The number of hydrogen-bond donors (Lipinski definition) is 0. The molecule has 0 spiro atoms. The number of thioether (sulfide) groups is 1. The number of anilines is 1. The second kappa shape index (κ2) is 5.57. The number of piperazine rings is 1. The molecule has 1 aromatic rings. The summed E-state index contributed by atoms with van der Waals surface area (Å²) >= 11 is 9.05. The fourth-order valence-corrected chi connectivity index (χ4v) is 4.18. The highest BCUT2D eigenvalue weighted by Gasteiger charge is 2.25. The summed E-state index contributed by atoms with van der Waals surface area (Å²) in [5.74, 6) is 1.10. The highest BCUT2D eigenvalue weighted by molar-refractivity contribution is 8.14. The fourth-order valence-electron chi connectivity index (χ4n) is 2.19. The first-order chi connectivity index (χ1) is 9.29. The second-order valence-electron chi connectivity index (χ2n) is 4.25. The third kappa shape index (κ3) is 2.53. The maximum absolute atomic E-state index is 9.12. The molecule has 100 valence electrons. The van der Waals surface area contributed by atoms with E-state index in [1.54, 1.807) is 0 Å². The minimum Gasteiger partial charge on any atom is -0.358 e. The van der Waals surface area contributed by atoms with Crippen molar-refractivity contribution in [3.05, 3.63) is 10.7 Å². The molecule has 0 amide bonds. The van der Waals surface area contributed by atoms with Crippen molar-refractivity contribution in [3.8, 4) is 6.07 Å². The van der Waals surface area contributed by atoms with Crippen molar-refractivity contribution in [2.45, 2.75) is 0 Å². The smallest absolute Gasteiger partial charge is 0.162 e. The Morgan fingerprint density at radius 1 is 1.21 bits per heavy atom. The van der Waals surface area contributed by atoms with Crippen LogP contribution < -0.4 is 4.90 Å². The molecule has 8 heteroatoms. The Bertz CT molecular complexity index is 542. The zero-order valence-electron chi connectivity index (χ0n) is 10.2. The molecule has 2 aliphatic heterocycles. The Morgan fingerprint density at radius 2 is 1.95 bits per heavy atom. The van der Waals surface area contributed by atoms with Gasteiger partial charge < -0.3 is 9.80 Å². The van der Waals surface area contributed by atoms with Gasteiger partial charge in [0.05, 0.1) is 6.54 Å². The number of halogens is 1. The van der Waals surface area contributed by atoms with Gasteiger partial charge in [-0.1, -0.05) is 23.4 Å². The van der Waals surface area contributed by atoms with Crippen molar-refractivity contribution in [1.82, 2.24) is 9.27 Å². The third-order valence-corrected chi connectivity index (χ3v) is 5.47. The fraction of sp³-hybridized carbons (Fsp3) is 0.545. The Morgan fingerprint density at radius 3 is 2.58 bits per heavy atom. The molecular weight excluding hydrogens is 302 g/mol. The Kier molecular flexibility index (Phi) is 3.82. The highest BCUT2D eigenvalue weighted by Crippen LogP contribution is 2.32. The predicted octanol–water partition coefficient (Wildman–Crippen LogP) is 1.89. The normalized spacial score (nSPS) is 19.5. The van der Waals surface area contributed by atoms with Gasteiger partial charge in [-0.2, -0.15) is 9.64 Å². The van der Waals surface area contributed by atoms with Gasteiger partial charge in [-0.15, -0.1) is 0 Å². The van der Waals surface area contributed by atoms with Crippen LogP contribution >= 0.6 is 34.9 Å². The molecule has 2 aliphatic rings. The van der Waals surface area contributed by atoms with E-state index >= 15 is 0 Å². The van der Waals surface area contributed by atoms with Crippen LogP contribution in [0.4, 0.5) is 5.00 Å². The first-order valence-electron chi connectivity index (χ1n) is 6.02. The van der Waals surface area contributed by atoms with Crippen LogP contribution in [0.2, 0.25) is 5.15 Å². The number of nitriles is 1. The van der Waals surface area contributed by atoms with Gasteiger partial charge in [-0.25, -0.2) is 0 Å². The minimum atomic E-state index is 0.320. The standard InChI is InChI=1S/C11H12ClN5S2/c12-9-8(7-13)10(19-15-9)16-2-4-17(5-3-16)11-14-1-6-18-11/h1-6H2. The van der Waals surface area contributed by atoms with Gasteiger partial charge >= 0.3 is 0 Å². The SMILES string of the molecule is N#Cc1c(Cl)nsc1N1CCN(C2=NCCS2)CC1. The van der Waals surface area contributed by atoms with Crippen LogP contribution in [0.25, 0.3) is 0 Å². The molecule has 0 radical (unpaired) electrons.